The molecule has 1 saturated heterocycles. The Morgan fingerprint density at radius 2 is 1.91 bits per heavy atom. The Labute approximate surface area is 137 Å². The molecule has 0 spiro atoms. The fraction of sp³-hybridized carbons (Fsp3) is 0.0667. The predicted octanol–water partition coefficient (Wildman–Crippen LogP) is 4.66. The number of carbonyl (C=O) groups is 1. The topological polar surface area (TPSA) is 41.5 Å². The van der Waals surface area contributed by atoms with Crippen molar-refractivity contribution in [3.8, 4) is 0 Å². The van der Waals surface area contributed by atoms with E-state index in [4.69, 9.17) is 0 Å². The van der Waals surface area contributed by atoms with E-state index in [2.05, 4.69) is 10.3 Å². The first-order chi connectivity index (χ1) is 10.9. The SMILES string of the molecule is O=C1NC(=Nc2ccccc2C(F)(F)F)SC1=Cc1cccs1. The number of nitrogens with one attached hydrogen (secondary N) is 1. The highest BCUT2D eigenvalue weighted by atomic mass is 32.2. The van der Waals surface area contributed by atoms with Crippen LogP contribution in [0.3, 0.4) is 0 Å². The molecule has 1 amide bonds. The lowest BCUT2D eigenvalue weighted by Crippen LogP contribution is -2.19. The van der Waals surface area contributed by atoms with Crippen molar-refractivity contribution in [1.82, 2.24) is 5.32 Å². The Morgan fingerprint density at radius 3 is 2.61 bits per heavy atom. The number of thiophene rings is 1. The van der Waals surface area contributed by atoms with Gasteiger partial charge in [-0.05, 0) is 41.4 Å². The number of alkyl halides is 3. The van der Waals surface area contributed by atoms with Crippen molar-refractivity contribution in [2.24, 2.45) is 4.99 Å². The number of hydrogen-bond donors (Lipinski definition) is 1. The summed E-state index contributed by atoms with van der Waals surface area (Å²) in [4.78, 5) is 17.1. The molecule has 0 radical (unpaired) electrons. The molecule has 2 heterocycles. The fourth-order valence-corrected chi connectivity index (χ4v) is 3.46. The summed E-state index contributed by atoms with van der Waals surface area (Å²) in [7, 11) is 0. The summed E-state index contributed by atoms with van der Waals surface area (Å²) >= 11 is 2.49. The number of rotatable bonds is 2. The van der Waals surface area contributed by atoms with Gasteiger partial charge in [0.05, 0.1) is 16.2 Å². The molecule has 0 aliphatic carbocycles. The van der Waals surface area contributed by atoms with Gasteiger partial charge >= 0.3 is 6.18 Å². The number of halogens is 3. The van der Waals surface area contributed by atoms with Gasteiger partial charge in [0.15, 0.2) is 5.17 Å². The first kappa shape index (κ1) is 15.8. The van der Waals surface area contributed by atoms with Crippen LogP contribution in [0.5, 0.6) is 0 Å². The lowest BCUT2D eigenvalue weighted by atomic mass is 10.2. The van der Waals surface area contributed by atoms with Gasteiger partial charge in [-0.15, -0.1) is 11.3 Å². The molecule has 0 atom stereocenters. The molecule has 8 heteroatoms. The van der Waals surface area contributed by atoms with Crippen LogP contribution in [0.1, 0.15) is 10.4 Å². The van der Waals surface area contributed by atoms with Crippen LogP contribution in [0, 0.1) is 0 Å². The summed E-state index contributed by atoms with van der Waals surface area (Å²) in [6.07, 6.45) is -2.81. The van der Waals surface area contributed by atoms with Crippen molar-refractivity contribution in [3.05, 3.63) is 57.1 Å². The van der Waals surface area contributed by atoms with E-state index in [1.807, 2.05) is 17.5 Å². The summed E-state index contributed by atoms with van der Waals surface area (Å²) < 4.78 is 38.9. The summed E-state index contributed by atoms with van der Waals surface area (Å²) in [6.45, 7) is 0. The molecular weight excluding hydrogens is 345 g/mol. The largest absolute Gasteiger partial charge is 0.418 e. The van der Waals surface area contributed by atoms with Crippen LogP contribution in [-0.2, 0) is 11.0 Å². The van der Waals surface area contributed by atoms with Gasteiger partial charge in [0.2, 0.25) is 0 Å². The van der Waals surface area contributed by atoms with Gasteiger partial charge in [0.25, 0.3) is 5.91 Å². The molecule has 3 rings (SSSR count). The third-order valence-corrected chi connectivity index (χ3v) is 4.63. The maximum atomic E-state index is 13.0. The number of carbonyl (C=O) groups excluding carboxylic acids is 1. The summed E-state index contributed by atoms with van der Waals surface area (Å²) in [5.41, 5.74) is -1.06. The van der Waals surface area contributed by atoms with Crippen LogP contribution in [0.25, 0.3) is 6.08 Å². The zero-order valence-electron chi connectivity index (χ0n) is 11.4. The third kappa shape index (κ3) is 3.65. The van der Waals surface area contributed by atoms with Crippen LogP contribution in [0.15, 0.2) is 51.7 Å². The predicted molar refractivity (Wildman–Crippen MR) is 86.6 cm³/mol. The minimum absolute atomic E-state index is 0.134. The third-order valence-electron chi connectivity index (χ3n) is 2.90. The van der Waals surface area contributed by atoms with E-state index in [9.17, 15) is 18.0 Å². The number of thioether (sulfide) groups is 1. The fourth-order valence-electron chi connectivity index (χ4n) is 1.90. The van der Waals surface area contributed by atoms with Gasteiger partial charge in [0.1, 0.15) is 0 Å². The van der Waals surface area contributed by atoms with Crippen LogP contribution >= 0.6 is 23.1 Å². The maximum Gasteiger partial charge on any atom is 0.418 e. The van der Waals surface area contributed by atoms with Gasteiger partial charge in [-0.25, -0.2) is 4.99 Å². The standard InChI is InChI=1S/C15H9F3N2OS2/c16-15(17,18)10-5-1-2-6-11(10)19-14-20-13(21)12(23-14)8-9-4-3-7-22-9/h1-8H,(H,19,20,21). The lowest BCUT2D eigenvalue weighted by Gasteiger charge is -2.09. The van der Waals surface area contributed by atoms with E-state index < -0.39 is 11.7 Å². The number of para-hydroxylation sites is 1. The normalized spacial score (nSPS) is 18.7. The van der Waals surface area contributed by atoms with Gasteiger partial charge in [-0.1, -0.05) is 18.2 Å². The number of amides is 1. The molecule has 1 aliphatic heterocycles. The van der Waals surface area contributed by atoms with Gasteiger partial charge in [0, 0.05) is 4.88 Å². The minimum Gasteiger partial charge on any atom is -0.300 e. The summed E-state index contributed by atoms with van der Waals surface area (Å²) in [5, 5.41) is 4.49. The molecule has 118 valence electrons. The molecule has 1 fully saturated rings. The molecule has 1 aromatic heterocycles. The first-order valence-corrected chi connectivity index (χ1v) is 8.12. The maximum absolute atomic E-state index is 13.0. The number of amidine groups is 1. The summed E-state index contributed by atoms with van der Waals surface area (Å²) in [6, 6.07) is 8.70. The van der Waals surface area contributed by atoms with E-state index in [1.54, 1.807) is 6.08 Å². The monoisotopic (exact) mass is 354 g/mol. The van der Waals surface area contributed by atoms with Crippen LogP contribution in [0.2, 0.25) is 0 Å². The molecule has 0 bridgehead atoms. The highest BCUT2D eigenvalue weighted by Gasteiger charge is 2.34. The average Bonchev–Trinajstić information content (AvgIpc) is 3.10. The van der Waals surface area contributed by atoms with Gasteiger partial charge in [-0.3, -0.25) is 4.79 Å². The second kappa shape index (κ2) is 6.21. The second-order valence-corrected chi connectivity index (χ2v) is 6.52. The molecule has 0 saturated carbocycles. The highest BCUT2D eigenvalue weighted by Crippen LogP contribution is 2.37. The summed E-state index contributed by atoms with van der Waals surface area (Å²) in [5.74, 6) is -0.369. The zero-order chi connectivity index (χ0) is 16.4. The average molecular weight is 354 g/mol. The van der Waals surface area contributed by atoms with Crippen LogP contribution in [-0.4, -0.2) is 11.1 Å². The Kier molecular flexibility index (Phi) is 4.27. The number of hydrogen-bond acceptors (Lipinski definition) is 4. The van der Waals surface area contributed by atoms with E-state index in [0.717, 1.165) is 22.7 Å². The molecule has 1 aliphatic rings. The van der Waals surface area contributed by atoms with Crippen molar-refractivity contribution >= 4 is 45.9 Å². The highest BCUT2D eigenvalue weighted by molar-refractivity contribution is 8.18. The Hall–Kier alpha value is -2.06. The number of aliphatic imine (C=N–C) groups is 1. The first-order valence-electron chi connectivity index (χ1n) is 6.43. The lowest BCUT2D eigenvalue weighted by molar-refractivity contribution is -0.137. The van der Waals surface area contributed by atoms with E-state index in [-0.39, 0.29) is 16.8 Å². The zero-order valence-corrected chi connectivity index (χ0v) is 13.1. The Balaban J connectivity index is 1.90. The van der Waals surface area contributed by atoms with Crippen molar-refractivity contribution in [1.29, 1.82) is 0 Å². The van der Waals surface area contributed by atoms with Crippen molar-refractivity contribution in [2.45, 2.75) is 6.18 Å². The Morgan fingerprint density at radius 1 is 1.13 bits per heavy atom. The van der Waals surface area contributed by atoms with E-state index in [1.165, 1.54) is 29.5 Å². The van der Waals surface area contributed by atoms with Gasteiger partial charge in [-0.2, -0.15) is 13.2 Å². The quantitative estimate of drug-likeness (QED) is 0.797. The number of benzene rings is 1. The molecule has 1 aromatic carbocycles. The van der Waals surface area contributed by atoms with E-state index >= 15 is 0 Å². The van der Waals surface area contributed by atoms with Crippen molar-refractivity contribution in [3.63, 3.8) is 0 Å². The molecular formula is C15H9F3N2OS2. The van der Waals surface area contributed by atoms with Crippen LogP contribution < -0.4 is 5.32 Å². The Bertz CT molecular complexity index is 795. The van der Waals surface area contributed by atoms with E-state index in [0.29, 0.717) is 4.91 Å². The molecule has 3 nitrogen and oxygen atoms in total. The molecule has 1 N–H and O–H groups in total. The minimum atomic E-state index is -4.50. The van der Waals surface area contributed by atoms with Gasteiger partial charge < -0.3 is 5.32 Å². The molecule has 2 aromatic rings. The van der Waals surface area contributed by atoms with Crippen molar-refractivity contribution in [2.75, 3.05) is 0 Å². The van der Waals surface area contributed by atoms with Crippen LogP contribution in [0.4, 0.5) is 18.9 Å². The van der Waals surface area contributed by atoms with Crippen molar-refractivity contribution < 1.29 is 18.0 Å². The molecule has 0 unspecified atom stereocenters. The second-order valence-electron chi connectivity index (χ2n) is 4.51. The smallest absolute Gasteiger partial charge is 0.300 e. The molecule has 23 heavy (non-hydrogen) atoms. The number of nitrogens with zero attached hydrogens (tertiary/aromatic N) is 1.